The molecule has 1 saturated heterocycles. The predicted octanol–water partition coefficient (Wildman–Crippen LogP) is 4.86. The molecule has 2 rings (SSSR count). The van der Waals surface area contributed by atoms with Gasteiger partial charge in [-0.3, -0.25) is 4.57 Å². The first-order valence-electron chi connectivity index (χ1n) is 12.4. The second-order valence-electron chi connectivity index (χ2n) is 11.9. The Morgan fingerprint density at radius 3 is 1.98 bits per heavy atom. The van der Waals surface area contributed by atoms with Gasteiger partial charge < -0.3 is 18.9 Å². The molecular formula is C24H36FN3O11PS+. The van der Waals surface area contributed by atoms with Crippen molar-refractivity contribution in [3.05, 3.63) is 22.7 Å². The topological polar surface area (TPSA) is 173 Å². The Morgan fingerprint density at radius 1 is 1.02 bits per heavy atom. The number of hydrogen-bond donors (Lipinski definition) is 1. The van der Waals surface area contributed by atoms with Crippen molar-refractivity contribution in [2.75, 3.05) is 11.5 Å². The Balaban J connectivity index is 2.43. The Labute approximate surface area is 241 Å². The number of amides is 2. The van der Waals surface area contributed by atoms with E-state index in [9.17, 15) is 23.7 Å². The molecule has 1 aliphatic rings. The monoisotopic (exact) mass is 624 g/mol. The fourth-order valence-electron chi connectivity index (χ4n) is 3.31. The van der Waals surface area contributed by atoms with Crippen molar-refractivity contribution < 1.29 is 51.7 Å². The number of rotatable bonds is 6. The highest BCUT2D eigenvalue weighted by Gasteiger charge is 2.50. The summed E-state index contributed by atoms with van der Waals surface area (Å²) < 4.78 is 53.2. The van der Waals surface area contributed by atoms with Crippen LogP contribution in [0.15, 0.2) is 17.1 Å². The molecular weight excluding hydrogens is 588 g/mol. The molecule has 1 aliphatic heterocycles. The van der Waals surface area contributed by atoms with E-state index < -0.39 is 84.4 Å². The number of nitrogens with zero attached hydrogens (tertiary/aromatic N) is 3. The van der Waals surface area contributed by atoms with Gasteiger partial charge in [-0.1, -0.05) is 0 Å². The summed E-state index contributed by atoms with van der Waals surface area (Å²) in [5, 5.41) is -2.35. The number of ether oxygens (including phenoxy) is 4. The molecule has 0 spiro atoms. The molecule has 1 aromatic heterocycles. The number of carbonyl (C=O) groups excluding carboxylic acids is 3. The van der Waals surface area contributed by atoms with Gasteiger partial charge in [0.25, 0.3) is 0 Å². The first-order valence-corrected chi connectivity index (χ1v) is 14.5. The third-order valence-corrected chi connectivity index (χ3v) is 6.60. The van der Waals surface area contributed by atoms with Crippen LogP contribution in [-0.4, -0.2) is 73.7 Å². The van der Waals surface area contributed by atoms with E-state index in [-0.39, 0.29) is 0 Å². The maximum Gasteiger partial charge on any atom is 0.694 e. The van der Waals surface area contributed by atoms with Crippen molar-refractivity contribution in [2.45, 2.75) is 102 Å². The lowest BCUT2D eigenvalue weighted by molar-refractivity contribution is -0.0454. The molecule has 0 radical (unpaired) electrons. The van der Waals surface area contributed by atoms with Gasteiger partial charge in [-0.25, -0.2) is 23.6 Å². The van der Waals surface area contributed by atoms with Gasteiger partial charge in [0.15, 0.2) is 18.1 Å². The van der Waals surface area contributed by atoms with E-state index >= 15 is 4.39 Å². The summed E-state index contributed by atoms with van der Waals surface area (Å²) in [6.07, 6.45) is -5.95. The summed E-state index contributed by atoms with van der Waals surface area (Å²) in [6, 6.07) is 1.11. The summed E-state index contributed by atoms with van der Waals surface area (Å²) in [5.74, 6) is -0.438. The molecule has 0 bridgehead atoms. The highest BCUT2D eigenvalue weighted by molar-refractivity contribution is 8.00. The van der Waals surface area contributed by atoms with Gasteiger partial charge in [0, 0.05) is 10.8 Å². The van der Waals surface area contributed by atoms with Crippen LogP contribution in [0.3, 0.4) is 0 Å². The molecule has 230 valence electrons. The fraction of sp³-hybridized carbons (Fsp3) is 0.708. The number of carbonyl (C=O) groups is 3. The fourth-order valence-corrected chi connectivity index (χ4v) is 5.16. The zero-order valence-corrected chi connectivity index (χ0v) is 26.0. The van der Waals surface area contributed by atoms with Crippen LogP contribution in [-0.2, 0) is 28.0 Å². The van der Waals surface area contributed by atoms with Crippen LogP contribution in [0, 0.1) is 0 Å². The largest absolute Gasteiger partial charge is 0.694 e. The van der Waals surface area contributed by atoms with Crippen molar-refractivity contribution in [3.8, 4) is 0 Å². The first-order chi connectivity index (χ1) is 18.6. The van der Waals surface area contributed by atoms with Crippen LogP contribution in [0.25, 0.3) is 0 Å². The summed E-state index contributed by atoms with van der Waals surface area (Å²) in [7, 11) is -3.04. The van der Waals surface area contributed by atoms with E-state index in [1.165, 1.54) is 0 Å². The Bertz CT molecular complexity index is 1180. The van der Waals surface area contributed by atoms with Gasteiger partial charge in [-0.15, -0.1) is 21.2 Å². The number of aromatic nitrogens is 2. The highest BCUT2D eigenvalue weighted by atomic mass is 32.2. The molecule has 14 nitrogen and oxygen atoms in total. The van der Waals surface area contributed by atoms with Crippen LogP contribution in [0.4, 0.5) is 24.6 Å². The molecule has 1 fully saturated rings. The molecule has 0 aliphatic carbocycles. The van der Waals surface area contributed by atoms with Crippen molar-refractivity contribution in [2.24, 2.45) is 0 Å². The summed E-state index contributed by atoms with van der Waals surface area (Å²) in [6.45, 7) is 13.7. The molecule has 1 aromatic rings. The normalized spacial score (nSPS) is 21.6. The molecule has 5 atom stereocenters. The minimum Gasteiger partial charge on any atom is -0.443 e. The lowest BCUT2D eigenvalue weighted by Gasteiger charge is -2.28. The van der Waals surface area contributed by atoms with E-state index in [0.717, 1.165) is 28.6 Å². The molecule has 0 aromatic carbocycles. The van der Waals surface area contributed by atoms with Crippen molar-refractivity contribution in [3.63, 3.8) is 0 Å². The van der Waals surface area contributed by atoms with Gasteiger partial charge in [-0.05, 0) is 68.4 Å². The van der Waals surface area contributed by atoms with E-state index in [2.05, 4.69) is 4.98 Å². The SMILES string of the molecule is CC(C)(C)OC(=O)O[C@H]1[C@H](F)[C@H](n2ccc(N(C(=O)OC(C)(C)C)C(=O)OC(C)(C)C)nc2=O)S[C@@H]1CO[P+](=O)O. The van der Waals surface area contributed by atoms with E-state index in [4.69, 9.17) is 28.4 Å². The third kappa shape index (κ3) is 10.5. The Morgan fingerprint density at radius 2 is 1.54 bits per heavy atom. The van der Waals surface area contributed by atoms with Gasteiger partial charge in [-0.2, -0.15) is 9.88 Å². The minimum absolute atomic E-state index is 0.438. The second-order valence-corrected chi connectivity index (χ2v) is 14.0. The highest BCUT2D eigenvalue weighted by Crippen LogP contribution is 2.45. The van der Waals surface area contributed by atoms with Crippen LogP contribution in [0.2, 0.25) is 0 Å². The molecule has 41 heavy (non-hydrogen) atoms. The molecule has 1 unspecified atom stereocenters. The third-order valence-electron chi connectivity index (χ3n) is 4.71. The molecule has 2 amide bonds. The lowest BCUT2D eigenvalue weighted by Crippen LogP contribution is -2.45. The second kappa shape index (κ2) is 13.0. The zero-order valence-electron chi connectivity index (χ0n) is 24.3. The summed E-state index contributed by atoms with van der Waals surface area (Å²) in [4.78, 5) is 64.4. The standard InChI is InChI=1S/C24H35FN3O11PS/c1-22(2,3)37-19(30)28(20(31)38-23(4,5)6)14-10-11-27(18(29)26-14)17-15(25)16(13(41-17)12-35-40(33)34)36-21(32)39-24(7,8)9/h10-11,13,15-17H,12H2,1-9H3/p+1/t13-,15+,16-,17-/m1/s1. The maximum absolute atomic E-state index is 15.7. The molecule has 0 saturated carbocycles. The van der Waals surface area contributed by atoms with Gasteiger partial charge in [0.2, 0.25) is 0 Å². The van der Waals surface area contributed by atoms with E-state index in [0.29, 0.717) is 4.90 Å². The van der Waals surface area contributed by atoms with Crippen LogP contribution in [0.1, 0.15) is 67.7 Å². The number of halogens is 1. The van der Waals surface area contributed by atoms with Gasteiger partial charge in [0.1, 0.15) is 28.8 Å². The first kappa shape index (κ1) is 34.4. The van der Waals surface area contributed by atoms with Crippen molar-refractivity contribution >= 4 is 44.2 Å². The number of alkyl halides is 1. The van der Waals surface area contributed by atoms with E-state index in [1.807, 2.05) is 0 Å². The zero-order chi connectivity index (χ0) is 31.5. The smallest absolute Gasteiger partial charge is 0.443 e. The van der Waals surface area contributed by atoms with Crippen molar-refractivity contribution in [1.29, 1.82) is 0 Å². The maximum atomic E-state index is 15.7. The van der Waals surface area contributed by atoms with Crippen molar-refractivity contribution in [1.82, 2.24) is 9.55 Å². The number of imide groups is 1. The predicted molar refractivity (Wildman–Crippen MR) is 146 cm³/mol. The summed E-state index contributed by atoms with van der Waals surface area (Å²) in [5.41, 5.74) is -4.02. The lowest BCUT2D eigenvalue weighted by atomic mass is 10.1. The van der Waals surface area contributed by atoms with E-state index in [1.54, 1.807) is 62.3 Å². The average Bonchev–Trinajstić information content (AvgIpc) is 3.03. The Hall–Kier alpha value is -2.81. The molecule has 1 N–H and O–H groups in total. The summed E-state index contributed by atoms with van der Waals surface area (Å²) >= 11 is 0.792. The van der Waals surface area contributed by atoms with Crippen LogP contribution >= 0.6 is 20.0 Å². The average molecular weight is 625 g/mol. The number of anilines is 1. The quantitative estimate of drug-likeness (QED) is 0.259. The molecule has 17 heteroatoms. The number of hydrogen-bond acceptors (Lipinski definition) is 12. The van der Waals surface area contributed by atoms with Gasteiger partial charge in [0.05, 0.1) is 5.25 Å². The minimum atomic E-state index is -3.04. The van der Waals surface area contributed by atoms with Crippen LogP contribution < -0.4 is 10.6 Å². The number of thioether (sulfide) groups is 1. The molecule has 2 heterocycles. The van der Waals surface area contributed by atoms with Gasteiger partial charge >= 0.3 is 32.3 Å². The Kier molecular flexibility index (Phi) is 10.9. The van der Waals surface area contributed by atoms with Crippen LogP contribution in [0.5, 0.6) is 0 Å².